The topological polar surface area (TPSA) is 101 Å². The molecular formula is C32H24N4O4. The minimum absolute atomic E-state index is 0.273. The Kier molecular flexibility index (Phi) is 5.38. The van der Waals surface area contributed by atoms with Crippen LogP contribution in [0.15, 0.2) is 102 Å². The monoisotopic (exact) mass is 528 g/mol. The molecular weight excluding hydrogens is 504 g/mol. The number of anilines is 1. The van der Waals surface area contributed by atoms with Crippen molar-refractivity contribution in [3.63, 3.8) is 0 Å². The van der Waals surface area contributed by atoms with Crippen molar-refractivity contribution >= 4 is 29.6 Å². The summed E-state index contributed by atoms with van der Waals surface area (Å²) in [5, 5.41) is 4.43. The molecule has 196 valence electrons. The number of nitrogens with zero attached hydrogens (tertiary/aromatic N) is 3. The van der Waals surface area contributed by atoms with Crippen molar-refractivity contribution in [3.05, 3.63) is 125 Å². The number of hydrogen-bond donors (Lipinski definition) is 1. The fourth-order valence-electron chi connectivity index (χ4n) is 6.86. The Morgan fingerprint density at radius 3 is 2.27 bits per heavy atom. The van der Waals surface area contributed by atoms with E-state index in [4.69, 9.17) is 4.74 Å². The standard InChI is InChI=1S/C32H24N4O4/c1-40-25-15-7-6-14-24(25)36-30(38)27-26-20-10-2-4-12-22(20)32(28(27)31(36)39,23-13-5-3-11-21(23)26)18-34-35-29(37)19-9-8-16-33-17-19/h2-18,26-28H,1H3,(H,35,37)/b34-18-/t26?,27-,28+,32?/m0/s1. The fraction of sp³-hybridized carbons (Fsp3) is 0.156. The van der Waals surface area contributed by atoms with E-state index in [1.54, 1.807) is 48.8 Å². The third-order valence-electron chi connectivity index (χ3n) is 8.37. The molecule has 4 aliphatic rings. The van der Waals surface area contributed by atoms with Crippen molar-refractivity contribution in [1.82, 2.24) is 10.4 Å². The van der Waals surface area contributed by atoms with Gasteiger partial charge in [-0.1, -0.05) is 60.7 Å². The third kappa shape index (κ3) is 3.16. The molecule has 1 aromatic heterocycles. The molecule has 3 aliphatic carbocycles. The lowest BCUT2D eigenvalue weighted by molar-refractivity contribution is -0.122. The summed E-state index contributed by atoms with van der Waals surface area (Å²) < 4.78 is 5.53. The lowest BCUT2D eigenvalue weighted by atomic mass is 9.47. The Bertz CT molecular complexity index is 1670. The maximum absolute atomic E-state index is 14.4. The molecule has 4 aromatic rings. The van der Waals surface area contributed by atoms with E-state index in [0.29, 0.717) is 17.0 Å². The number of para-hydroxylation sites is 2. The molecule has 8 rings (SSSR count). The number of ether oxygens (including phenoxy) is 1. The van der Waals surface area contributed by atoms with Crippen molar-refractivity contribution in [1.29, 1.82) is 0 Å². The molecule has 0 saturated carbocycles. The number of rotatable bonds is 5. The predicted octanol–water partition coefficient (Wildman–Crippen LogP) is 4.06. The Balaban J connectivity index is 1.42. The summed E-state index contributed by atoms with van der Waals surface area (Å²) in [6.07, 6.45) is 4.69. The van der Waals surface area contributed by atoms with Crippen molar-refractivity contribution in [3.8, 4) is 5.75 Å². The minimum Gasteiger partial charge on any atom is -0.495 e. The second kappa shape index (κ2) is 8.98. The van der Waals surface area contributed by atoms with E-state index in [0.717, 1.165) is 22.3 Å². The van der Waals surface area contributed by atoms with Crippen LogP contribution < -0.4 is 15.1 Å². The van der Waals surface area contributed by atoms with Crippen molar-refractivity contribution in [2.75, 3.05) is 12.0 Å². The highest BCUT2D eigenvalue weighted by Crippen LogP contribution is 2.63. The van der Waals surface area contributed by atoms with Gasteiger partial charge in [0.15, 0.2) is 0 Å². The number of methoxy groups -OCH3 is 1. The van der Waals surface area contributed by atoms with Crippen LogP contribution in [-0.4, -0.2) is 36.0 Å². The van der Waals surface area contributed by atoms with Crippen LogP contribution in [0.2, 0.25) is 0 Å². The van der Waals surface area contributed by atoms with Gasteiger partial charge in [0.1, 0.15) is 5.75 Å². The summed E-state index contributed by atoms with van der Waals surface area (Å²) in [6.45, 7) is 0. The number of hydrazone groups is 1. The lowest BCUT2D eigenvalue weighted by Crippen LogP contribution is -2.54. The van der Waals surface area contributed by atoms with Crippen molar-refractivity contribution < 1.29 is 19.1 Å². The van der Waals surface area contributed by atoms with E-state index in [2.05, 4.69) is 15.5 Å². The first kappa shape index (κ1) is 24.0. The zero-order valence-corrected chi connectivity index (χ0v) is 21.5. The van der Waals surface area contributed by atoms with E-state index in [9.17, 15) is 14.4 Å². The lowest BCUT2D eigenvalue weighted by Gasteiger charge is -2.52. The molecule has 1 saturated heterocycles. The average molecular weight is 529 g/mol. The summed E-state index contributed by atoms with van der Waals surface area (Å²) in [4.78, 5) is 46.8. The van der Waals surface area contributed by atoms with Gasteiger partial charge < -0.3 is 4.74 Å². The smallest absolute Gasteiger partial charge is 0.272 e. The quantitative estimate of drug-likeness (QED) is 0.239. The normalized spacial score (nSPS) is 24.0. The summed E-state index contributed by atoms with van der Waals surface area (Å²) >= 11 is 0. The van der Waals surface area contributed by atoms with Crippen LogP contribution in [0, 0.1) is 11.8 Å². The van der Waals surface area contributed by atoms with Gasteiger partial charge in [0.2, 0.25) is 11.8 Å². The first-order chi connectivity index (χ1) is 19.6. The second-order valence-corrected chi connectivity index (χ2v) is 10.1. The van der Waals surface area contributed by atoms with Gasteiger partial charge in [0, 0.05) is 24.5 Å². The van der Waals surface area contributed by atoms with Crippen LogP contribution in [0.1, 0.15) is 38.5 Å². The second-order valence-electron chi connectivity index (χ2n) is 10.1. The molecule has 1 fully saturated rings. The van der Waals surface area contributed by atoms with Crippen molar-refractivity contribution in [2.24, 2.45) is 16.9 Å². The van der Waals surface area contributed by atoms with Crippen molar-refractivity contribution in [2.45, 2.75) is 11.3 Å². The number of carbonyl (C=O) groups is 3. The van der Waals surface area contributed by atoms with Crippen LogP contribution in [0.5, 0.6) is 5.75 Å². The van der Waals surface area contributed by atoms with E-state index in [1.807, 2.05) is 48.5 Å². The molecule has 2 atom stereocenters. The number of carbonyl (C=O) groups excluding carboxylic acids is 3. The molecule has 40 heavy (non-hydrogen) atoms. The van der Waals surface area contributed by atoms with Crippen LogP contribution in [0.4, 0.5) is 5.69 Å². The zero-order chi connectivity index (χ0) is 27.4. The highest BCUT2D eigenvalue weighted by molar-refractivity contribution is 6.25. The van der Waals surface area contributed by atoms with Gasteiger partial charge in [-0.3, -0.25) is 19.4 Å². The van der Waals surface area contributed by atoms with E-state index in [-0.39, 0.29) is 17.7 Å². The Morgan fingerprint density at radius 2 is 1.60 bits per heavy atom. The van der Waals surface area contributed by atoms with E-state index >= 15 is 0 Å². The fourth-order valence-corrected chi connectivity index (χ4v) is 6.86. The first-order valence-electron chi connectivity index (χ1n) is 13.0. The van der Waals surface area contributed by atoms with Gasteiger partial charge in [0.25, 0.3) is 5.91 Å². The average Bonchev–Trinajstić information content (AvgIpc) is 3.28. The molecule has 8 nitrogen and oxygen atoms in total. The van der Waals surface area contributed by atoms with Crippen LogP contribution in [0.3, 0.4) is 0 Å². The summed E-state index contributed by atoms with van der Waals surface area (Å²) in [5.41, 5.74) is 6.08. The largest absolute Gasteiger partial charge is 0.495 e. The number of imide groups is 1. The molecule has 8 heteroatoms. The first-order valence-corrected chi connectivity index (χ1v) is 13.0. The highest BCUT2D eigenvalue weighted by atomic mass is 16.5. The number of aromatic nitrogens is 1. The maximum Gasteiger partial charge on any atom is 0.272 e. The molecule has 0 radical (unpaired) electrons. The number of pyridine rings is 1. The highest BCUT2D eigenvalue weighted by Gasteiger charge is 2.68. The molecule has 2 bridgehead atoms. The van der Waals surface area contributed by atoms with Gasteiger partial charge in [-0.15, -0.1) is 0 Å². The Labute approximate surface area is 230 Å². The van der Waals surface area contributed by atoms with Crippen LogP contribution >= 0.6 is 0 Å². The zero-order valence-electron chi connectivity index (χ0n) is 21.5. The summed E-state index contributed by atoms with van der Waals surface area (Å²) in [7, 11) is 1.52. The molecule has 0 spiro atoms. The van der Waals surface area contributed by atoms with Gasteiger partial charge in [-0.2, -0.15) is 5.10 Å². The summed E-state index contributed by atoms with van der Waals surface area (Å²) in [5.74, 6) is -2.29. The van der Waals surface area contributed by atoms with Crippen LogP contribution in [-0.2, 0) is 15.0 Å². The molecule has 1 N–H and O–H groups in total. The molecule has 3 amide bonds. The van der Waals surface area contributed by atoms with Gasteiger partial charge in [-0.05, 0) is 46.5 Å². The van der Waals surface area contributed by atoms with E-state index < -0.39 is 23.2 Å². The summed E-state index contributed by atoms with van der Waals surface area (Å²) in [6, 6.07) is 26.2. The number of hydrogen-bond acceptors (Lipinski definition) is 6. The Hall–Kier alpha value is -5.11. The van der Waals surface area contributed by atoms with E-state index in [1.165, 1.54) is 18.2 Å². The number of benzene rings is 3. The number of nitrogens with one attached hydrogen (secondary N) is 1. The van der Waals surface area contributed by atoms with Crippen LogP contribution in [0.25, 0.3) is 0 Å². The Morgan fingerprint density at radius 1 is 0.925 bits per heavy atom. The number of amides is 3. The molecule has 1 aliphatic heterocycles. The van der Waals surface area contributed by atoms with Gasteiger partial charge in [-0.25, -0.2) is 10.3 Å². The maximum atomic E-state index is 14.4. The SMILES string of the molecule is COc1ccccc1N1C(=O)[C@H]2C3c4ccccc4C(/C=N\NC(=O)c4cccnc4)(c4ccccc43)[C@H]2C1=O. The van der Waals surface area contributed by atoms with Gasteiger partial charge >= 0.3 is 0 Å². The molecule has 0 unspecified atom stereocenters. The molecule has 2 heterocycles. The minimum atomic E-state index is -1.08. The third-order valence-corrected chi connectivity index (χ3v) is 8.37. The predicted molar refractivity (Wildman–Crippen MR) is 148 cm³/mol. The molecule has 3 aromatic carbocycles. The van der Waals surface area contributed by atoms with Gasteiger partial charge in [0.05, 0.1) is 35.6 Å².